The third-order valence-electron chi connectivity index (χ3n) is 4.08. The Labute approximate surface area is 205 Å². The van der Waals surface area contributed by atoms with E-state index in [-0.39, 0.29) is 57.4 Å². The molecule has 0 radical (unpaired) electrons. The Balaban J connectivity index is 0.00000341. The number of fused-ring (bicyclic) bond motifs is 1. The van der Waals surface area contributed by atoms with Gasteiger partial charge < -0.3 is 36.3 Å². The Morgan fingerprint density at radius 1 is 1.45 bits per heavy atom. The molecule has 2 atom stereocenters. The summed E-state index contributed by atoms with van der Waals surface area (Å²) >= 11 is 2.27. The first-order chi connectivity index (χ1) is 14.2. The summed E-state index contributed by atoms with van der Waals surface area (Å²) in [6, 6.07) is -1.02. The smallest absolute Gasteiger partial charge is 0.543 e. The van der Waals surface area contributed by atoms with Crippen molar-refractivity contribution in [1.29, 1.82) is 0 Å². The van der Waals surface area contributed by atoms with Gasteiger partial charge in [0.05, 0.1) is 11.7 Å². The number of aromatic nitrogens is 1. The predicted octanol–water partition coefficient (Wildman–Crippen LogP) is -5.42. The molecule has 2 aliphatic heterocycles. The predicted molar refractivity (Wildman–Crippen MR) is 103 cm³/mol. The van der Waals surface area contributed by atoms with E-state index in [9.17, 15) is 24.3 Å². The van der Waals surface area contributed by atoms with E-state index < -0.39 is 47.6 Å². The van der Waals surface area contributed by atoms with Gasteiger partial charge in [0.1, 0.15) is 30.8 Å². The van der Waals surface area contributed by atoms with Crippen molar-refractivity contribution in [3.63, 3.8) is 0 Å². The maximum absolute atomic E-state index is 12.6. The summed E-state index contributed by atoms with van der Waals surface area (Å²) in [4.78, 5) is 57.2. The zero-order valence-electron chi connectivity index (χ0n) is 16.3. The fourth-order valence-electron chi connectivity index (χ4n) is 2.84. The van der Waals surface area contributed by atoms with E-state index in [4.69, 9.17) is 11.5 Å². The Bertz CT molecular complexity index is 981. The number of ether oxygens (including phenoxy) is 1. The van der Waals surface area contributed by atoms with E-state index in [0.29, 0.717) is 0 Å². The minimum atomic E-state index is -1.61. The summed E-state index contributed by atoms with van der Waals surface area (Å²) in [6.07, 6.45) is -1.08. The first-order valence-electron chi connectivity index (χ1n) is 8.18. The number of β-lactam (4-membered cyclic amide) rings is 1. The van der Waals surface area contributed by atoms with Crippen LogP contribution in [0.3, 0.4) is 0 Å². The number of carbonyl (C=O) groups excluding carboxylic acids is 4. The molecule has 1 aromatic heterocycles. The number of carboxylic acids is 1. The van der Waals surface area contributed by atoms with Crippen LogP contribution in [0.5, 0.6) is 0 Å². The Morgan fingerprint density at radius 2 is 2.16 bits per heavy atom. The summed E-state index contributed by atoms with van der Waals surface area (Å²) in [7, 11) is 1.24. The topological polar surface area (TPSA) is 202 Å². The molecule has 2 aliphatic rings. The van der Waals surface area contributed by atoms with Crippen molar-refractivity contribution in [2.45, 2.75) is 11.4 Å². The van der Waals surface area contributed by atoms with Crippen molar-refractivity contribution in [3.8, 4) is 0 Å². The largest absolute Gasteiger partial charge is 1.00 e. The summed E-state index contributed by atoms with van der Waals surface area (Å²) in [5.41, 5.74) is 10.2. The molecule has 5 N–H and O–H groups in total. The number of thiazole rings is 1. The average Bonchev–Trinajstić information content (AvgIpc) is 3.13. The van der Waals surface area contributed by atoms with Crippen molar-refractivity contribution < 1.29 is 63.4 Å². The van der Waals surface area contributed by atoms with Crippen LogP contribution in [0.2, 0.25) is 0 Å². The van der Waals surface area contributed by atoms with Crippen molar-refractivity contribution in [2.75, 3.05) is 25.2 Å². The number of carbonyl (C=O) groups is 4. The number of hydrogen-bond donors (Lipinski definition) is 3. The quantitative estimate of drug-likeness (QED) is 0.147. The van der Waals surface area contributed by atoms with Gasteiger partial charge in [-0.25, -0.2) is 9.78 Å². The summed E-state index contributed by atoms with van der Waals surface area (Å²) in [6.45, 7) is -0.394. The molecule has 1 unspecified atom stereocenters. The second kappa shape index (κ2) is 10.3. The maximum Gasteiger partial charge on any atom is 1.00 e. The molecular weight excluding hydrogens is 463 g/mol. The van der Waals surface area contributed by atoms with Gasteiger partial charge in [-0.1, -0.05) is 5.16 Å². The maximum atomic E-state index is 12.6. The van der Waals surface area contributed by atoms with Gasteiger partial charge in [0.2, 0.25) is 0 Å². The molecular formula is C15H15N6NaO7S2. The molecule has 0 bridgehead atoms. The van der Waals surface area contributed by atoms with Gasteiger partial charge in [-0.2, -0.15) is 0 Å². The minimum absolute atomic E-state index is 0. The molecule has 16 heteroatoms. The Morgan fingerprint density at radius 3 is 2.71 bits per heavy atom. The minimum Gasteiger partial charge on any atom is -0.543 e. The molecule has 13 nitrogen and oxygen atoms in total. The molecule has 3 rings (SSSR count). The SMILES string of the molecule is CO/N=C(\C(=O)NC1C(=O)N2C(C(=O)[O-])=C(COC(N)=O)CS[C@H]12)c1csc(N)n1.[Na+]. The van der Waals surface area contributed by atoms with E-state index >= 15 is 0 Å². The van der Waals surface area contributed by atoms with Gasteiger partial charge in [0.25, 0.3) is 11.8 Å². The molecule has 1 saturated heterocycles. The molecule has 0 spiro atoms. The number of carboxylic acid groups (broad SMARTS) is 1. The second-order valence-corrected chi connectivity index (χ2v) is 7.90. The van der Waals surface area contributed by atoms with Gasteiger partial charge in [-0.05, 0) is 0 Å². The van der Waals surface area contributed by atoms with Crippen LogP contribution in [-0.4, -0.2) is 70.4 Å². The fourth-order valence-corrected chi connectivity index (χ4v) is 4.72. The number of aliphatic carboxylic acids is 1. The number of thioether (sulfide) groups is 1. The third-order valence-corrected chi connectivity index (χ3v) is 6.09. The first kappa shape index (κ1) is 24.9. The molecule has 1 aromatic rings. The first-order valence-corrected chi connectivity index (χ1v) is 10.1. The number of primary amides is 1. The zero-order chi connectivity index (χ0) is 22.0. The molecule has 31 heavy (non-hydrogen) atoms. The molecule has 1 fully saturated rings. The normalized spacial score (nSPS) is 20.2. The van der Waals surface area contributed by atoms with E-state index in [0.717, 1.165) is 16.2 Å². The molecule has 0 aromatic carbocycles. The molecule has 3 amide bonds. The molecule has 0 saturated carbocycles. The van der Waals surface area contributed by atoms with Gasteiger partial charge in [0, 0.05) is 16.7 Å². The van der Waals surface area contributed by atoms with Crippen LogP contribution in [0.1, 0.15) is 5.69 Å². The number of oxime groups is 1. The van der Waals surface area contributed by atoms with Crippen LogP contribution < -0.4 is 51.4 Å². The second-order valence-electron chi connectivity index (χ2n) is 5.90. The van der Waals surface area contributed by atoms with E-state index in [2.05, 4.69) is 25.0 Å². The number of nitrogens with one attached hydrogen (secondary N) is 1. The molecule has 3 heterocycles. The van der Waals surface area contributed by atoms with E-state index in [1.54, 1.807) is 0 Å². The summed E-state index contributed by atoms with van der Waals surface area (Å²) in [5, 5.41) is 18.7. The van der Waals surface area contributed by atoms with Crippen molar-refractivity contribution in [1.82, 2.24) is 15.2 Å². The Kier molecular flexibility index (Phi) is 8.30. The van der Waals surface area contributed by atoms with Gasteiger partial charge >= 0.3 is 35.7 Å². The van der Waals surface area contributed by atoms with Gasteiger partial charge in [-0.15, -0.1) is 23.1 Å². The van der Waals surface area contributed by atoms with Crippen molar-refractivity contribution in [3.05, 3.63) is 22.3 Å². The average molecular weight is 478 g/mol. The number of nitrogen functional groups attached to an aromatic ring is 1. The standard InChI is InChI=1S/C15H16N6O7S2.Na/c1-27-20-7(6-4-30-14(16)18-6)10(22)19-8-11(23)21-9(13(24)25)5(2-28-15(17)26)3-29-12(8)21;/h4,8,12H,2-3H2,1H3,(H2,16,18)(H2,17,26)(H,19,22)(H,24,25);/q;+1/p-1/b20-7-;/t8?,12-;/m1./s1. The fraction of sp³-hybridized carbons (Fsp3) is 0.333. The summed E-state index contributed by atoms with van der Waals surface area (Å²) in [5.74, 6) is -2.91. The number of anilines is 1. The van der Waals surface area contributed by atoms with E-state index in [1.807, 2.05) is 0 Å². The zero-order valence-corrected chi connectivity index (χ0v) is 19.9. The van der Waals surface area contributed by atoms with Crippen LogP contribution >= 0.6 is 23.1 Å². The Hall–Kier alpha value is -2.33. The molecule has 160 valence electrons. The van der Waals surface area contributed by atoms with Crippen LogP contribution in [0.15, 0.2) is 21.8 Å². The number of hydrogen-bond acceptors (Lipinski definition) is 12. The van der Waals surface area contributed by atoms with Crippen molar-refractivity contribution >= 4 is 57.8 Å². The number of nitrogens with two attached hydrogens (primary N) is 2. The van der Waals surface area contributed by atoms with Crippen LogP contribution in [0.4, 0.5) is 9.93 Å². The summed E-state index contributed by atoms with van der Waals surface area (Å²) < 4.78 is 4.63. The van der Waals surface area contributed by atoms with Crippen LogP contribution in [0, 0.1) is 0 Å². The van der Waals surface area contributed by atoms with Crippen LogP contribution in [-0.2, 0) is 24.0 Å². The third kappa shape index (κ3) is 5.12. The van der Waals surface area contributed by atoms with Crippen LogP contribution in [0.25, 0.3) is 0 Å². The monoisotopic (exact) mass is 478 g/mol. The van der Waals surface area contributed by atoms with Gasteiger partial charge in [0.15, 0.2) is 10.8 Å². The molecule has 0 aliphatic carbocycles. The van der Waals surface area contributed by atoms with Gasteiger partial charge in [-0.3, -0.25) is 14.5 Å². The number of rotatable bonds is 7. The number of nitrogens with zero attached hydrogens (tertiary/aromatic N) is 3. The van der Waals surface area contributed by atoms with Crippen molar-refractivity contribution in [2.24, 2.45) is 10.9 Å². The van der Waals surface area contributed by atoms with E-state index in [1.165, 1.54) is 24.3 Å². The number of amides is 3.